The Kier molecular flexibility index (Phi) is 10.3. The number of hydrogen-bond acceptors (Lipinski definition) is 7. The van der Waals surface area contributed by atoms with Crippen LogP contribution < -0.4 is 5.32 Å². The number of carbonyl (C=O) groups is 4. The highest BCUT2D eigenvalue weighted by Crippen LogP contribution is 2.20. The van der Waals surface area contributed by atoms with Gasteiger partial charge in [0.15, 0.2) is 0 Å². The molecule has 1 aromatic carbocycles. The molecule has 1 fully saturated rings. The molecule has 0 bridgehead atoms. The van der Waals surface area contributed by atoms with E-state index in [-0.39, 0.29) is 44.7 Å². The molecule has 2 aromatic rings. The molecule has 0 spiro atoms. The third-order valence-electron chi connectivity index (χ3n) is 6.16. The fraction of sp³-hybridized carbons (Fsp3) is 0.452. The lowest BCUT2D eigenvalue weighted by Crippen LogP contribution is -2.55. The molecule has 2 heterocycles. The number of benzene rings is 1. The summed E-state index contributed by atoms with van der Waals surface area (Å²) in [6.07, 6.45) is -1.21. The molecule has 0 radical (unpaired) electrons. The summed E-state index contributed by atoms with van der Waals surface area (Å²) in [5.41, 5.74) is -0.311. The lowest BCUT2D eigenvalue weighted by Gasteiger charge is -2.35. The zero-order valence-corrected chi connectivity index (χ0v) is 24.6. The molecule has 3 N–H and O–H groups in total. The van der Waals surface area contributed by atoms with Crippen LogP contribution in [0.1, 0.15) is 63.5 Å². The standard InChI is InChI=1S/C31H38N4O7/c1-30(2,3)42-26(36)12-11-23(28(38)34-15-17-35(18-16-34)29(39)40)33-27(37)25-20-21(13-14-31(4,5)41)19-24(32-25)22-9-7-6-8-10-22/h6-10,19-20,23,41H,11-12,15-18H2,1-5H3,(H,33,37)(H,39,40)/t23-/m0/s1. The third kappa shape index (κ3) is 9.89. The second-order valence-corrected chi connectivity index (χ2v) is 11.5. The van der Waals surface area contributed by atoms with E-state index >= 15 is 0 Å². The molecule has 0 unspecified atom stereocenters. The number of esters is 1. The van der Waals surface area contributed by atoms with Crippen molar-refractivity contribution in [3.05, 3.63) is 53.7 Å². The summed E-state index contributed by atoms with van der Waals surface area (Å²) in [6.45, 7) is 8.89. The van der Waals surface area contributed by atoms with E-state index in [0.717, 1.165) is 5.56 Å². The summed E-state index contributed by atoms with van der Waals surface area (Å²) in [6, 6.07) is 11.3. The van der Waals surface area contributed by atoms with Gasteiger partial charge in [0.05, 0.1) is 5.69 Å². The van der Waals surface area contributed by atoms with Crippen LogP contribution in [0.15, 0.2) is 42.5 Å². The zero-order valence-electron chi connectivity index (χ0n) is 24.6. The average Bonchev–Trinajstić information content (AvgIpc) is 2.92. The van der Waals surface area contributed by atoms with Crippen LogP contribution in [0.3, 0.4) is 0 Å². The van der Waals surface area contributed by atoms with Crippen molar-refractivity contribution < 1.29 is 34.1 Å². The zero-order chi connectivity index (χ0) is 31.1. The number of pyridine rings is 1. The van der Waals surface area contributed by atoms with E-state index in [1.807, 2.05) is 30.3 Å². The van der Waals surface area contributed by atoms with Crippen molar-refractivity contribution in [2.75, 3.05) is 26.2 Å². The number of ether oxygens (including phenoxy) is 1. The summed E-state index contributed by atoms with van der Waals surface area (Å²) in [4.78, 5) is 58.0. The van der Waals surface area contributed by atoms with Gasteiger partial charge < -0.3 is 30.1 Å². The first-order valence-electron chi connectivity index (χ1n) is 13.7. The van der Waals surface area contributed by atoms with Crippen LogP contribution >= 0.6 is 0 Å². The van der Waals surface area contributed by atoms with Gasteiger partial charge in [-0.25, -0.2) is 9.78 Å². The van der Waals surface area contributed by atoms with Gasteiger partial charge >= 0.3 is 12.1 Å². The number of nitrogens with zero attached hydrogens (tertiary/aromatic N) is 3. The van der Waals surface area contributed by atoms with Gasteiger partial charge in [0, 0.05) is 43.7 Å². The maximum absolute atomic E-state index is 13.6. The van der Waals surface area contributed by atoms with Crippen LogP contribution in [-0.4, -0.2) is 92.3 Å². The second-order valence-electron chi connectivity index (χ2n) is 11.5. The number of carbonyl (C=O) groups excluding carboxylic acids is 3. The lowest BCUT2D eigenvalue weighted by molar-refractivity contribution is -0.155. The van der Waals surface area contributed by atoms with Gasteiger partial charge in [-0.3, -0.25) is 14.4 Å². The number of carboxylic acid groups (broad SMARTS) is 1. The van der Waals surface area contributed by atoms with E-state index in [4.69, 9.17) is 4.74 Å². The predicted molar refractivity (Wildman–Crippen MR) is 155 cm³/mol. The highest BCUT2D eigenvalue weighted by molar-refractivity contribution is 5.97. The van der Waals surface area contributed by atoms with Crippen LogP contribution in [0.25, 0.3) is 11.3 Å². The van der Waals surface area contributed by atoms with Crippen LogP contribution in [-0.2, 0) is 14.3 Å². The van der Waals surface area contributed by atoms with Crippen molar-refractivity contribution in [2.24, 2.45) is 0 Å². The number of aliphatic hydroxyl groups is 1. The first kappa shape index (κ1) is 32.1. The topological polar surface area (TPSA) is 149 Å². The van der Waals surface area contributed by atoms with Crippen LogP contribution in [0, 0.1) is 11.8 Å². The van der Waals surface area contributed by atoms with Crippen LogP contribution in [0.4, 0.5) is 4.79 Å². The van der Waals surface area contributed by atoms with E-state index in [9.17, 15) is 29.4 Å². The monoisotopic (exact) mass is 578 g/mol. The van der Waals surface area contributed by atoms with Crippen molar-refractivity contribution in [1.29, 1.82) is 0 Å². The number of amides is 3. The quantitative estimate of drug-likeness (QED) is 0.335. The highest BCUT2D eigenvalue weighted by Gasteiger charge is 2.31. The maximum atomic E-state index is 13.6. The van der Waals surface area contributed by atoms with Crippen LogP contribution in [0.2, 0.25) is 0 Å². The van der Waals surface area contributed by atoms with E-state index in [2.05, 4.69) is 22.1 Å². The molecule has 3 amide bonds. The van der Waals surface area contributed by atoms with E-state index in [0.29, 0.717) is 11.3 Å². The number of aromatic nitrogens is 1. The molecule has 1 aliphatic heterocycles. The molecule has 11 heteroatoms. The molecule has 224 valence electrons. The maximum Gasteiger partial charge on any atom is 0.407 e. The highest BCUT2D eigenvalue weighted by atomic mass is 16.6. The molecular formula is C31H38N4O7. The predicted octanol–water partition coefficient (Wildman–Crippen LogP) is 2.91. The van der Waals surface area contributed by atoms with Gasteiger partial charge in [-0.15, -0.1) is 0 Å². The first-order valence-corrected chi connectivity index (χ1v) is 13.7. The molecular weight excluding hydrogens is 540 g/mol. The molecule has 1 aliphatic rings. The average molecular weight is 579 g/mol. The Morgan fingerprint density at radius 1 is 1.00 bits per heavy atom. The van der Waals surface area contributed by atoms with Crippen molar-refractivity contribution in [2.45, 2.75) is 64.7 Å². The van der Waals surface area contributed by atoms with E-state index in [1.165, 1.54) is 15.9 Å². The van der Waals surface area contributed by atoms with Crippen molar-refractivity contribution in [1.82, 2.24) is 20.1 Å². The van der Waals surface area contributed by atoms with Gasteiger partial charge in [-0.2, -0.15) is 0 Å². The molecule has 0 saturated carbocycles. The van der Waals surface area contributed by atoms with Gasteiger partial charge in [-0.05, 0) is 53.2 Å². The molecule has 1 aromatic heterocycles. The molecule has 11 nitrogen and oxygen atoms in total. The summed E-state index contributed by atoms with van der Waals surface area (Å²) < 4.78 is 5.38. The normalized spacial score (nSPS) is 14.3. The van der Waals surface area contributed by atoms with Gasteiger partial charge in [0.1, 0.15) is 22.9 Å². The Labute approximate surface area is 245 Å². The third-order valence-corrected chi connectivity index (χ3v) is 6.16. The molecule has 0 aliphatic carbocycles. The Balaban J connectivity index is 1.90. The van der Waals surface area contributed by atoms with Crippen molar-refractivity contribution >= 4 is 23.9 Å². The Morgan fingerprint density at radius 3 is 2.19 bits per heavy atom. The summed E-state index contributed by atoms with van der Waals surface area (Å²) in [7, 11) is 0. The summed E-state index contributed by atoms with van der Waals surface area (Å²) in [5.74, 6) is 4.03. The largest absolute Gasteiger partial charge is 0.465 e. The number of piperazine rings is 1. The van der Waals surface area contributed by atoms with Crippen molar-refractivity contribution in [3.8, 4) is 23.1 Å². The molecule has 3 rings (SSSR count). The Bertz CT molecular complexity index is 1360. The lowest BCUT2D eigenvalue weighted by atomic mass is 10.1. The Hall–Kier alpha value is -4.43. The van der Waals surface area contributed by atoms with Crippen molar-refractivity contribution in [3.63, 3.8) is 0 Å². The smallest absolute Gasteiger partial charge is 0.407 e. The number of nitrogens with one attached hydrogen (secondary N) is 1. The minimum atomic E-state index is -1.26. The van der Waals surface area contributed by atoms with E-state index < -0.39 is 41.1 Å². The molecule has 1 saturated heterocycles. The minimum absolute atomic E-state index is 0.00200. The van der Waals surface area contributed by atoms with E-state index in [1.54, 1.807) is 40.7 Å². The fourth-order valence-corrected chi connectivity index (χ4v) is 4.18. The number of hydrogen-bond donors (Lipinski definition) is 3. The van der Waals surface area contributed by atoms with Gasteiger partial charge in [0.2, 0.25) is 5.91 Å². The van der Waals surface area contributed by atoms with Gasteiger partial charge in [0.25, 0.3) is 5.91 Å². The fourth-order valence-electron chi connectivity index (χ4n) is 4.18. The van der Waals surface area contributed by atoms with Gasteiger partial charge in [-0.1, -0.05) is 42.2 Å². The SMILES string of the molecule is CC(C)(O)C#Cc1cc(C(=O)N[C@@H](CCC(=O)OC(C)(C)C)C(=O)N2CCN(C(=O)O)CC2)nc(-c2ccccc2)c1. The summed E-state index contributed by atoms with van der Waals surface area (Å²) in [5, 5.41) is 22.1. The number of rotatable bonds is 7. The summed E-state index contributed by atoms with van der Waals surface area (Å²) >= 11 is 0. The first-order chi connectivity index (χ1) is 19.6. The van der Waals surface area contributed by atoms with Crippen LogP contribution in [0.5, 0.6) is 0 Å². The second kappa shape index (κ2) is 13.5. The molecule has 1 atom stereocenters. The Morgan fingerprint density at radius 2 is 1.62 bits per heavy atom. The minimum Gasteiger partial charge on any atom is -0.465 e. The molecule has 42 heavy (non-hydrogen) atoms.